The highest BCUT2D eigenvalue weighted by Crippen LogP contribution is 2.25. The van der Waals surface area contributed by atoms with Crippen LogP contribution in [0.2, 0.25) is 0 Å². The monoisotopic (exact) mass is 266 g/mol. The molecule has 1 aliphatic rings. The number of aromatic amines is 1. The summed E-state index contributed by atoms with van der Waals surface area (Å²) in [5, 5.41) is 14.3. The number of rotatable bonds is 5. The van der Waals surface area contributed by atoms with E-state index in [0.717, 1.165) is 12.8 Å². The summed E-state index contributed by atoms with van der Waals surface area (Å²) in [5.74, 6) is -0.433. The number of carboxylic acid groups (broad SMARTS) is 1. The molecule has 0 bridgehead atoms. The summed E-state index contributed by atoms with van der Waals surface area (Å²) in [5.41, 5.74) is 0.671. The fourth-order valence-electron chi connectivity index (χ4n) is 2.22. The zero-order valence-corrected chi connectivity index (χ0v) is 10.7. The fraction of sp³-hybridized carbons (Fsp3) is 0.583. The molecule has 1 aromatic rings. The Bertz CT molecular complexity index is 440. The number of H-pyrrole nitrogens is 1. The Morgan fingerprint density at radius 2 is 2.32 bits per heavy atom. The first-order valence-electron chi connectivity index (χ1n) is 6.31. The summed E-state index contributed by atoms with van der Waals surface area (Å²) < 4.78 is 0. The number of carbonyl (C=O) groups is 2. The van der Waals surface area contributed by atoms with E-state index in [-0.39, 0.29) is 12.5 Å². The Hall–Kier alpha value is -2.05. The first-order valence-corrected chi connectivity index (χ1v) is 6.31. The molecule has 1 saturated carbocycles. The molecule has 0 aliphatic heterocycles. The van der Waals surface area contributed by atoms with Gasteiger partial charge < -0.3 is 20.7 Å². The SMILES string of the molecule is CC1CC(NC(=O)N[C@H](Cc2cnc[nH]2)C(=O)O)C1. The lowest BCUT2D eigenvalue weighted by Crippen LogP contribution is -2.52. The molecule has 0 aromatic carbocycles. The second-order valence-corrected chi connectivity index (χ2v) is 5.06. The largest absolute Gasteiger partial charge is 0.480 e. The zero-order chi connectivity index (χ0) is 13.8. The smallest absolute Gasteiger partial charge is 0.326 e. The maximum absolute atomic E-state index is 11.7. The van der Waals surface area contributed by atoms with Gasteiger partial charge in [0.2, 0.25) is 0 Å². The van der Waals surface area contributed by atoms with Crippen LogP contribution in [0.25, 0.3) is 0 Å². The van der Waals surface area contributed by atoms with Crippen molar-refractivity contribution in [2.75, 3.05) is 0 Å². The van der Waals surface area contributed by atoms with Crippen molar-refractivity contribution in [3.05, 3.63) is 18.2 Å². The van der Waals surface area contributed by atoms with Crippen LogP contribution in [0.5, 0.6) is 0 Å². The maximum atomic E-state index is 11.7. The fourth-order valence-corrected chi connectivity index (χ4v) is 2.22. The maximum Gasteiger partial charge on any atom is 0.326 e. The number of amides is 2. The van der Waals surface area contributed by atoms with Crippen LogP contribution >= 0.6 is 0 Å². The molecule has 1 heterocycles. The van der Waals surface area contributed by atoms with Crippen molar-refractivity contribution < 1.29 is 14.7 Å². The Kier molecular flexibility index (Phi) is 4.03. The van der Waals surface area contributed by atoms with E-state index in [1.165, 1.54) is 6.33 Å². The molecule has 2 amide bonds. The van der Waals surface area contributed by atoms with E-state index >= 15 is 0 Å². The molecule has 7 nitrogen and oxygen atoms in total. The lowest BCUT2D eigenvalue weighted by molar-refractivity contribution is -0.139. The summed E-state index contributed by atoms with van der Waals surface area (Å²) in [6.45, 7) is 2.12. The topological polar surface area (TPSA) is 107 Å². The van der Waals surface area contributed by atoms with E-state index in [2.05, 4.69) is 27.5 Å². The molecule has 104 valence electrons. The van der Waals surface area contributed by atoms with Gasteiger partial charge in [-0.25, -0.2) is 14.6 Å². The van der Waals surface area contributed by atoms with Gasteiger partial charge in [-0.15, -0.1) is 0 Å². The number of urea groups is 1. The van der Waals surface area contributed by atoms with Gasteiger partial charge in [0, 0.05) is 24.4 Å². The number of nitrogens with one attached hydrogen (secondary N) is 3. The standard InChI is InChI=1S/C12H18N4O3/c1-7-2-8(3-7)15-12(19)16-10(11(17)18)4-9-5-13-6-14-9/h5-8,10H,2-4H2,1H3,(H,13,14)(H,17,18)(H2,15,16,19)/t7?,8?,10-/m1/s1. The third kappa shape index (κ3) is 3.70. The number of hydrogen-bond acceptors (Lipinski definition) is 3. The molecular weight excluding hydrogens is 248 g/mol. The second kappa shape index (κ2) is 5.73. The van der Waals surface area contributed by atoms with Gasteiger partial charge in [0.25, 0.3) is 0 Å². The van der Waals surface area contributed by atoms with Crippen molar-refractivity contribution >= 4 is 12.0 Å². The highest BCUT2D eigenvalue weighted by Gasteiger charge is 2.28. The summed E-state index contributed by atoms with van der Waals surface area (Å²) in [6.07, 6.45) is 5.11. The quantitative estimate of drug-likeness (QED) is 0.622. The number of aromatic nitrogens is 2. The normalized spacial score (nSPS) is 23.2. The Morgan fingerprint density at radius 1 is 1.58 bits per heavy atom. The van der Waals surface area contributed by atoms with Crippen LogP contribution in [-0.2, 0) is 11.2 Å². The number of nitrogens with zero attached hydrogens (tertiary/aromatic N) is 1. The molecular formula is C12H18N4O3. The van der Waals surface area contributed by atoms with Gasteiger partial charge in [0.1, 0.15) is 6.04 Å². The van der Waals surface area contributed by atoms with E-state index < -0.39 is 18.0 Å². The minimum atomic E-state index is -1.06. The highest BCUT2D eigenvalue weighted by molar-refractivity contribution is 5.82. The van der Waals surface area contributed by atoms with Crippen molar-refractivity contribution in [3.63, 3.8) is 0 Å². The molecule has 1 fully saturated rings. The number of carboxylic acids is 1. The molecule has 4 N–H and O–H groups in total. The van der Waals surface area contributed by atoms with E-state index in [0.29, 0.717) is 11.6 Å². The van der Waals surface area contributed by atoms with Gasteiger partial charge in [0.15, 0.2) is 0 Å². The molecule has 1 atom stereocenters. The molecule has 1 aromatic heterocycles. The molecule has 19 heavy (non-hydrogen) atoms. The Labute approximate surface area is 110 Å². The van der Waals surface area contributed by atoms with Crippen LogP contribution in [0.1, 0.15) is 25.5 Å². The average Bonchev–Trinajstić information content (AvgIpc) is 2.78. The third-order valence-corrected chi connectivity index (χ3v) is 3.29. The van der Waals surface area contributed by atoms with Gasteiger partial charge in [-0.3, -0.25) is 0 Å². The van der Waals surface area contributed by atoms with E-state index in [1.54, 1.807) is 6.20 Å². The molecule has 0 saturated heterocycles. The van der Waals surface area contributed by atoms with E-state index in [9.17, 15) is 9.59 Å². The number of aliphatic carboxylic acids is 1. The van der Waals surface area contributed by atoms with Crippen molar-refractivity contribution in [2.45, 2.75) is 38.3 Å². The molecule has 1 aliphatic carbocycles. The first-order chi connectivity index (χ1) is 9.04. The second-order valence-electron chi connectivity index (χ2n) is 5.06. The van der Waals surface area contributed by atoms with Gasteiger partial charge in [-0.05, 0) is 18.8 Å². The number of imidazole rings is 1. The average molecular weight is 266 g/mol. The summed E-state index contributed by atoms with van der Waals surface area (Å²) in [6, 6.07) is -1.22. The third-order valence-electron chi connectivity index (χ3n) is 3.29. The van der Waals surface area contributed by atoms with Crippen LogP contribution in [0, 0.1) is 5.92 Å². The van der Waals surface area contributed by atoms with Crippen molar-refractivity contribution in [2.24, 2.45) is 5.92 Å². The zero-order valence-electron chi connectivity index (χ0n) is 10.7. The van der Waals surface area contributed by atoms with Crippen molar-refractivity contribution in [3.8, 4) is 0 Å². The van der Waals surface area contributed by atoms with Crippen molar-refractivity contribution in [1.29, 1.82) is 0 Å². The summed E-state index contributed by atoms with van der Waals surface area (Å²) >= 11 is 0. The molecule has 0 spiro atoms. The first kappa shape index (κ1) is 13.4. The lowest BCUT2D eigenvalue weighted by atomic mass is 9.82. The predicted molar refractivity (Wildman–Crippen MR) is 67.6 cm³/mol. The van der Waals surface area contributed by atoms with Gasteiger partial charge >= 0.3 is 12.0 Å². The summed E-state index contributed by atoms with van der Waals surface area (Å²) in [7, 11) is 0. The highest BCUT2D eigenvalue weighted by atomic mass is 16.4. The van der Waals surface area contributed by atoms with Gasteiger partial charge in [-0.2, -0.15) is 0 Å². The predicted octanol–water partition coefficient (Wildman–Crippen LogP) is 0.503. The van der Waals surface area contributed by atoms with Crippen LogP contribution in [0.3, 0.4) is 0 Å². The van der Waals surface area contributed by atoms with Crippen LogP contribution < -0.4 is 10.6 Å². The van der Waals surface area contributed by atoms with Crippen LogP contribution in [-0.4, -0.2) is 39.2 Å². The Balaban J connectivity index is 1.82. The van der Waals surface area contributed by atoms with Crippen molar-refractivity contribution in [1.82, 2.24) is 20.6 Å². The molecule has 0 unspecified atom stereocenters. The lowest BCUT2D eigenvalue weighted by Gasteiger charge is -2.33. The molecule has 7 heteroatoms. The number of carbonyl (C=O) groups excluding carboxylic acids is 1. The summed E-state index contributed by atoms with van der Waals surface area (Å²) in [4.78, 5) is 29.4. The van der Waals surface area contributed by atoms with E-state index in [1.807, 2.05) is 0 Å². The minimum absolute atomic E-state index is 0.164. The minimum Gasteiger partial charge on any atom is -0.480 e. The molecule has 0 radical (unpaired) electrons. The number of hydrogen-bond donors (Lipinski definition) is 4. The van der Waals surface area contributed by atoms with Crippen LogP contribution in [0.4, 0.5) is 4.79 Å². The van der Waals surface area contributed by atoms with Crippen LogP contribution in [0.15, 0.2) is 12.5 Å². The van der Waals surface area contributed by atoms with E-state index in [4.69, 9.17) is 5.11 Å². The molecule has 2 rings (SSSR count). The van der Waals surface area contributed by atoms with Gasteiger partial charge in [0.05, 0.1) is 6.33 Å². The van der Waals surface area contributed by atoms with Gasteiger partial charge in [-0.1, -0.05) is 6.92 Å². The Morgan fingerprint density at radius 3 is 2.84 bits per heavy atom.